The van der Waals surface area contributed by atoms with E-state index in [2.05, 4.69) is 18.3 Å². The molecule has 0 spiro atoms. The van der Waals surface area contributed by atoms with E-state index in [1.807, 2.05) is 6.07 Å². The Morgan fingerprint density at radius 3 is 3.12 bits per heavy atom. The molecule has 1 aliphatic carbocycles. The summed E-state index contributed by atoms with van der Waals surface area (Å²) in [5, 5.41) is 3.70. The van der Waals surface area contributed by atoms with Gasteiger partial charge in [0.2, 0.25) is 0 Å². The molecular formula is C14H18FNS. The fourth-order valence-electron chi connectivity index (χ4n) is 2.72. The average molecular weight is 251 g/mol. The van der Waals surface area contributed by atoms with Crippen LogP contribution >= 0.6 is 11.8 Å². The van der Waals surface area contributed by atoms with Crippen LogP contribution in [-0.4, -0.2) is 11.8 Å². The van der Waals surface area contributed by atoms with E-state index in [-0.39, 0.29) is 5.82 Å². The molecule has 1 fully saturated rings. The van der Waals surface area contributed by atoms with E-state index < -0.39 is 0 Å². The van der Waals surface area contributed by atoms with Gasteiger partial charge in [0.05, 0.1) is 0 Å². The molecule has 0 saturated heterocycles. The average Bonchev–Trinajstić information content (AvgIpc) is 3.09. The van der Waals surface area contributed by atoms with Gasteiger partial charge in [0, 0.05) is 17.0 Å². The lowest BCUT2D eigenvalue weighted by molar-refractivity contribution is 0.477. The Labute approximate surface area is 106 Å². The van der Waals surface area contributed by atoms with E-state index in [9.17, 15) is 4.39 Å². The van der Waals surface area contributed by atoms with Crippen LogP contribution in [0, 0.1) is 11.7 Å². The van der Waals surface area contributed by atoms with Crippen LogP contribution in [-0.2, 0) is 0 Å². The maximum absolute atomic E-state index is 13.7. The summed E-state index contributed by atoms with van der Waals surface area (Å²) in [5.41, 5.74) is 1.17. The van der Waals surface area contributed by atoms with Crippen molar-refractivity contribution < 1.29 is 4.39 Å². The van der Waals surface area contributed by atoms with Crippen LogP contribution in [0.5, 0.6) is 0 Å². The number of thioether (sulfide) groups is 1. The SMILES string of the molecule is CCC1CC1NC1CCSc2c(F)cccc21. The Hall–Kier alpha value is -0.540. The third-order valence-corrected chi connectivity index (χ3v) is 5.05. The molecule has 1 heterocycles. The van der Waals surface area contributed by atoms with Gasteiger partial charge < -0.3 is 5.32 Å². The van der Waals surface area contributed by atoms with Gasteiger partial charge in [-0.2, -0.15) is 0 Å². The highest BCUT2D eigenvalue weighted by Gasteiger charge is 2.37. The molecule has 3 heteroatoms. The maximum atomic E-state index is 13.7. The fraction of sp³-hybridized carbons (Fsp3) is 0.571. The lowest BCUT2D eigenvalue weighted by Crippen LogP contribution is -2.27. The number of hydrogen-bond donors (Lipinski definition) is 1. The van der Waals surface area contributed by atoms with Gasteiger partial charge in [0.15, 0.2) is 0 Å². The molecule has 1 aromatic carbocycles. The summed E-state index contributed by atoms with van der Waals surface area (Å²) in [5.74, 6) is 1.82. The van der Waals surface area contributed by atoms with E-state index in [1.54, 1.807) is 17.8 Å². The molecule has 2 aliphatic rings. The second-order valence-electron chi connectivity index (χ2n) is 5.03. The summed E-state index contributed by atoms with van der Waals surface area (Å²) in [6, 6.07) is 6.51. The van der Waals surface area contributed by atoms with Gasteiger partial charge in [0.1, 0.15) is 5.82 Å². The molecule has 1 N–H and O–H groups in total. The van der Waals surface area contributed by atoms with Crippen molar-refractivity contribution in [3.63, 3.8) is 0 Å². The van der Waals surface area contributed by atoms with Crippen LogP contribution in [0.15, 0.2) is 23.1 Å². The van der Waals surface area contributed by atoms with Crippen molar-refractivity contribution in [2.75, 3.05) is 5.75 Å². The zero-order chi connectivity index (χ0) is 11.8. The maximum Gasteiger partial charge on any atom is 0.137 e. The van der Waals surface area contributed by atoms with Crippen LogP contribution in [0.25, 0.3) is 0 Å². The van der Waals surface area contributed by atoms with E-state index in [1.165, 1.54) is 18.4 Å². The van der Waals surface area contributed by atoms with Gasteiger partial charge in [-0.05, 0) is 36.1 Å². The van der Waals surface area contributed by atoms with Crippen molar-refractivity contribution in [3.8, 4) is 0 Å². The molecule has 1 aliphatic heterocycles. The van der Waals surface area contributed by atoms with Crippen LogP contribution in [0.2, 0.25) is 0 Å². The topological polar surface area (TPSA) is 12.0 Å². The fourth-order valence-corrected chi connectivity index (χ4v) is 3.86. The van der Waals surface area contributed by atoms with E-state index in [0.29, 0.717) is 12.1 Å². The Morgan fingerprint density at radius 1 is 1.47 bits per heavy atom. The molecule has 17 heavy (non-hydrogen) atoms. The van der Waals surface area contributed by atoms with Crippen LogP contribution in [0.3, 0.4) is 0 Å². The molecule has 0 bridgehead atoms. The van der Waals surface area contributed by atoms with Gasteiger partial charge in [-0.1, -0.05) is 25.5 Å². The van der Waals surface area contributed by atoms with Crippen molar-refractivity contribution in [3.05, 3.63) is 29.6 Å². The summed E-state index contributed by atoms with van der Waals surface area (Å²) in [6.45, 7) is 2.25. The Balaban J connectivity index is 1.78. The molecule has 3 unspecified atom stereocenters. The standard InChI is InChI=1S/C14H18FNS/c1-2-9-8-13(9)16-12-6-7-17-14-10(12)4-3-5-11(14)15/h3-5,9,12-13,16H,2,6-8H2,1H3. The van der Waals surface area contributed by atoms with E-state index in [0.717, 1.165) is 23.0 Å². The van der Waals surface area contributed by atoms with Gasteiger partial charge >= 0.3 is 0 Å². The zero-order valence-corrected chi connectivity index (χ0v) is 10.9. The highest BCUT2D eigenvalue weighted by atomic mass is 32.2. The Morgan fingerprint density at radius 2 is 2.35 bits per heavy atom. The largest absolute Gasteiger partial charge is 0.307 e. The Bertz CT molecular complexity index is 421. The summed E-state index contributed by atoms with van der Waals surface area (Å²) in [7, 11) is 0. The molecule has 1 saturated carbocycles. The van der Waals surface area contributed by atoms with Crippen molar-refractivity contribution in [1.29, 1.82) is 0 Å². The zero-order valence-electron chi connectivity index (χ0n) is 10.1. The van der Waals surface area contributed by atoms with E-state index in [4.69, 9.17) is 0 Å². The van der Waals surface area contributed by atoms with Crippen molar-refractivity contribution in [2.45, 2.75) is 43.2 Å². The summed E-state index contributed by atoms with van der Waals surface area (Å²) in [6.07, 6.45) is 3.67. The van der Waals surface area contributed by atoms with Crippen molar-refractivity contribution >= 4 is 11.8 Å². The second kappa shape index (κ2) is 4.62. The van der Waals surface area contributed by atoms with Crippen LogP contribution in [0.1, 0.15) is 37.8 Å². The molecule has 0 radical (unpaired) electrons. The molecule has 1 aromatic rings. The second-order valence-corrected chi connectivity index (χ2v) is 6.13. The molecule has 0 amide bonds. The normalized spacial score (nSPS) is 31.1. The van der Waals surface area contributed by atoms with Gasteiger partial charge in [-0.25, -0.2) is 4.39 Å². The summed E-state index contributed by atoms with van der Waals surface area (Å²) < 4.78 is 13.7. The third-order valence-electron chi connectivity index (χ3n) is 3.89. The van der Waals surface area contributed by atoms with E-state index >= 15 is 0 Å². The van der Waals surface area contributed by atoms with Crippen LogP contribution < -0.4 is 5.32 Å². The summed E-state index contributed by atoms with van der Waals surface area (Å²) >= 11 is 1.66. The lowest BCUT2D eigenvalue weighted by Gasteiger charge is -2.26. The number of halogens is 1. The Kier molecular flexibility index (Phi) is 3.14. The number of hydrogen-bond acceptors (Lipinski definition) is 2. The molecule has 1 nitrogen and oxygen atoms in total. The van der Waals surface area contributed by atoms with Gasteiger partial charge in [-0.15, -0.1) is 11.8 Å². The number of nitrogens with one attached hydrogen (secondary N) is 1. The monoisotopic (exact) mass is 251 g/mol. The first-order valence-corrected chi connectivity index (χ1v) is 7.45. The lowest BCUT2D eigenvalue weighted by atomic mass is 10.0. The minimum atomic E-state index is -0.0539. The molecule has 3 atom stereocenters. The molecular weight excluding hydrogens is 233 g/mol. The van der Waals surface area contributed by atoms with Crippen molar-refractivity contribution in [1.82, 2.24) is 5.32 Å². The number of fused-ring (bicyclic) bond motifs is 1. The quantitative estimate of drug-likeness (QED) is 0.878. The molecule has 3 rings (SSSR count). The van der Waals surface area contributed by atoms with Crippen molar-refractivity contribution in [2.24, 2.45) is 5.92 Å². The minimum Gasteiger partial charge on any atom is -0.307 e. The first-order chi connectivity index (χ1) is 8.29. The highest BCUT2D eigenvalue weighted by Crippen LogP contribution is 2.41. The number of benzene rings is 1. The third kappa shape index (κ3) is 2.23. The smallest absolute Gasteiger partial charge is 0.137 e. The molecule has 0 aromatic heterocycles. The highest BCUT2D eigenvalue weighted by molar-refractivity contribution is 7.99. The minimum absolute atomic E-state index is 0.0539. The predicted molar refractivity (Wildman–Crippen MR) is 69.8 cm³/mol. The first kappa shape index (κ1) is 11.5. The van der Waals surface area contributed by atoms with Crippen LogP contribution in [0.4, 0.5) is 4.39 Å². The molecule has 92 valence electrons. The van der Waals surface area contributed by atoms with Gasteiger partial charge in [-0.3, -0.25) is 0 Å². The first-order valence-electron chi connectivity index (χ1n) is 6.47. The predicted octanol–water partition coefficient (Wildman–Crippen LogP) is 3.75. The summed E-state index contributed by atoms with van der Waals surface area (Å²) in [4.78, 5) is 0.866. The van der Waals surface area contributed by atoms with Gasteiger partial charge in [0.25, 0.3) is 0 Å². The number of rotatable bonds is 3.